The predicted octanol–water partition coefficient (Wildman–Crippen LogP) is 6.55. The Kier molecular flexibility index (Phi) is 8.07. The fourth-order valence-electron chi connectivity index (χ4n) is 2.81. The number of nitrogens with one attached hydrogen (secondary N) is 2. The van der Waals surface area contributed by atoms with Crippen molar-refractivity contribution in [3.63, 3.8) is 0 Å². The second-order valence-electron chi connectivity index (χ2n) is 7.48. The largest absolute Gasteiger partial charge is 0.421 e. The van der Waals surface area contributed by atoms with Crippen molar-refractivity contribution < 1.29 is 17.7 Å². The zero-order valence-corrected chi connectivity index (χ0v) is 19.2. The van der Waals surface area contributed by atoms with Crippen LogP contribution in [-0.4, -0.2) is 23.3 Å². The molecule has 0 spiro atoms. The molecule has 2 aromatic rings. The Morgan fingerprint density at radius 3 is 2.32 bits per heavy atom. The summed E-state index contributed by atoms with van der Waals surface area (Å²) < 4.78 is 52.7. The molecule has 0 aliphatic rings. The van der Waals surface area contributed by atoms with Crippen molar-refractivity contribution >= 4 is 29.9 Å². The quantitative estimate of drug-likeness (QED) is 0.351. The molecule has 0 saturated heterocycles. The van der Waals surface area contributed by atoms with Gasteiger partial charge >= 0.3 is 6.18 Å². The first-order valence-corrected chi connectivity index (χ1v) is 12.5. The summed E-state index contributed by atoms with van der Waals surface area (Å²) in [4.78, 5) is 7.91. The highest BCUT2D eigenvalue weighted by Gasteiger charge is 2.35. The molecule has 0 amide bonds. The smallest absolute Gasteiger partial charge is 0.343 e. The van der Waals surface area contributed by atoms with E-state index in [1.807, 2.05) is 32.9 Å². The average Bonchev–Trinajstić information content (AvgIpc) is 2.66. The highest BCUT2D eigenvalue weighted by molar-refractivity contribution is 7.70. The number of hydrogen-bond acceptors (Lipinski definition) is 5. The number of rotatable bonds is 8. The van der Waals surface area contributed by atoms with Crippen LogP contribution >= 0.6 is 7.14 Å². The van der Waals surface area contributed by atoms with Crippen molar-refractivity contribution in [3.05, 3.63) is 59.4 Å². The van der Waals surface area contributed by atoms with Crippen molar-refractivity contribution in [2.45, 2.75) is 39.8 Å². The molecule has 2 rings (SSSR count). The number of aromatic nitrogens is 2. The van der Waals surface area contributed by atoms with Gasteiger partial charge in [0, 0.05) is 22.9 Å². The van der Waals surface area contributed by atoms with Crippen LogP contribution in [-0.2, 0) is 10.7 Å². The summed E-state index contributed by atoms with van der Waals surface area (Å²) >= 11 is 0. The first-order valence-electron chi connectivity index (χ1n) is 9.95. The Bertz CT molecular complexity index is 1010. The van der Waals surface area contributed by atoms with Crippen LogP contribution in [0.2, 0.25) is 0 Å². The van der Waals surface area contributed by atoms with Crippen LogP contribution in [0.4, 0.5) is 30.6 Å². The Balaban J connectivity index is 2.37. The Morgan fingerprint density at radius 1 is 1.16 bits per heavy atom. The van der Waals surface area contributed by atoms with Gasteiger partial charge in [-0.3, -0.25) is 0 Å². The van der Waals surface area contributed by atoms with Gasteiger partial charge < -0.3 is 15.2 Å². The lowest BCUT2D eigenvalue weighted by atomic mass is 10.2. The minimum atomic E-state index is -4.60. The molecule has 1 heterocycles. The van der Waals surface area contributed by atoms with E-state index < -0.39 is 18.9 Å². The maximum Gasteiger partial charge on any atom is 0.421 e. The number of anilines is 3. The van der Waals surface area contributed by atoms with Crippen LogP contribution in [0.3, 0.4) is 0 Å². The Hall–Kier alpha value is -2.60. The number of allylic oxidation sites excluding steroid dienone is 4. The number of hydrogen-bond donors (Lipinski definition) is 2. The fourth-order valence-corrected chi connectivity index (χ4v) is 3.68. The van der Waals surface area contributed by atoms with Crippen LogP contribution in [0, 0.1) is 0 Å². The third-order valence-corrected chi connectivity index (χ3v) is 5.97. The SMILES string of the molecule is CC/C=C(C)\C=C(/CC)Nc1nc(Nc2ccc(P(C)(C)=O)cc2)ncc1C(F)(F)F. The summed E-state index contributed by atoms with van der Waals surface area (Å²) in [6, 6.07) is 6.82. The zero-order chi connectivity index (χ0) is 23.2. The van der Waals surface area contributed by atoms with Crippen LogP contribution in [0.5, 0.6) is 0 Å². The molecule has 0 saturated carbocycles. The van der Waals surface area contributed by atoms with Crippen molar-refractivity contribution in [1.29, 1.82) is 0 Å². The van der Waals surface area contributed by atoms with Gasteiger partial charge in [0.25, 0.3) is 0 Å². The van der Waals surface area contributed by atoms with E-state index in [1.165, 1.54) is 0 Å². The van der Waals surface area contributed by atoms with Crippen LogP contribution in [0.1, 0.15) is 39.2 Å². The third-order valence-electron chi connectivity index (χ3n) is 4.43. The lowest BCUT2D eigenvalue weighted by Crippen LogP contribution is -2.14. The molecule has 0 unspecified atom stereocenters. The molecule has 0 radical (unpaired) electrons. The highest BCUT2D eigenvalue weighted by atomic mass is 31.2. The number of benzene rings is 1. The number of nitrogens with zero attached hydrogens (tertiary/aromatic N) is 2. The highest BCUT2D eigenvalue weighted by Crippen LogP contribution is 2.36. The van der Waals surface area contributed by atoms with E-state index in [0.717, 1.165) is 18.2 Å². The van der Waals surface area contributed by atoms with Gasteiger partial charge in [0.2, 0.25) is 5.95 Å². The molecule has 2 N–H and O–H groups in total. The van der Waals surface area contributed by atoms with E-state index in [2.05, 4.69) is 20.6 Å². The minimum Gasteiger partial charge on any atom is -0.343 e. The minimum absolute atomic E-state index is 0.0238. The van der Waals surface area contributed by atoms with Gasteiger partial charge in [0.15, 0.2) is 0 Å². The normalized spacial score (nSPS) is 13.3. The van der Waals surface area contributed by atoms with E-state index in [-0.39, 0.29) is 11.8 Å². The second kappa shape index (κ2) is 10.1. The van der Waals surface area contributed by atoms with E-state index in [4.69, 9.17) is 0 Å². The van der Waals surface area contributed by atoms with Gasteiger partial charge in [-0.25, -0.2) is 4.98 Å². The summed E-state index contributed by atoms with van der Waals surface area (Å²) in [7, 11) is -2.39. The third kappa shape index (κ3) is 7.24. The molecule has 0 aliphatic heterocycles. The topological polar surface area (TPSA) is 66.9 Å². The van der Waals surface area contributed by atoms with Gasteiger partial charge in [-0.05, 0) is 63.4 Å². The molecule has 5 nitrogen and oxygen atoms in total. The average molecular weight is 452 g/mol. The fraction of sp³-hybridized carbons (Fsp3) is 0.364. The molecule has 1 aromatic carbocycles. The van der Waals surface area contributed by atoms with E-state index >= 15 is 0 Å². The van der Waals surface area contributed by atoms with Crippen molar-refractivity contribution in [3.8, 4) is 0 Å². The first kappa shape index (κ1) is 24.7. The van der Waals surface area contributed by atoms with Crippen molar-refractivity contribution in [2.75, 3.05) is 24.0 Å². The zero-order valence-electron chi connectivity index (χ0n) is 18.3. The van der Waals surface area contributed by atoms with Crippen molar-refractivity contribution in [2.24, 2.45) is 0 Å². The Morgan fingerprint density at radius 2 is 1.81 bits per heavy atom. The molecule has 168 valence electrons. The Labute approximate surface area is 181 Å². The maximum atomic E-state index is 13.5. The molecule has 0 bridgehead atoms. The van der Waals surface area contributed by atoms with E-state index in [9.17, 15) is 17.7 Å². The summed E-state index contributed by atoms with van der Waals surface area (Å²) in [6.45, 7) is 9.08. The van der Waals surface area contributed by atoms with Gasteiger partial charge in [-0.15, -0.1) is 0 Å². The summed E-state index contributed by atoms with van der Waals surface area (Å²) in [5, 5.41) is 6.43. The number of alkyl halides is 3. The molecule has 1 aromatic heterocycles. The van der Waals surface area contributed by atoms with Gasteiger partial charge in [0.1, 0.15) is 18.5 Å². The molecular weight excluding hydrogens is 424 g/mol. The van der Waals surface area contributed by atoms with Crippen LogP contribution < -0.4 is 15.9 Å². The molecule has 0 aliphatic carbocycles. The summed E-state index contributed by atoms with van der Waals surface area (Å²) in [6.07, 6.45) is 1.31. The standard InChI is InChI=1S/C22H28F3N4OP/c1-6-8-15(3)13-16(7-2)27-20-19(22(23,24)25)14-26-21(29-20)28-17-9-11-18(12-10-17)31(4,5)30/h8-14H,6-7H2,1-5H3,(H2,26,27,28,29)/b15-8-,16-13+. The molecule has 9 heteroatoms. The van der Waals surface area contributed by atoms with Gasteiger partial charge in [-0.1, -0.05) is 25.5 Å². The van der Waals surface area contributed by atoms with Gasteiger partial charge in [0.05, 0.1) is 0 Å². The second-order valence-corrected chi connectivity index (χ2v) is 10.7. The van der Waals surface area contributed by atoms with Crippen LogP contribution in [0.25, 0.3) is 0 Å². The lowest BCUT2D eigenvalue weighted by Gasteiger charge is -2.16. The van der Waals surface area contributed by atoms with Gasteiger partial charge in [-0.2, -0.15) is 18.2 Å². The lowest BCUT2D eigenvalue weighted by molar-refractivity contribution is -0.137. The van der Waals surface area contributed by atoms with E-state index in [1.54, 1.807) is 37.6 Å². The number of halogens is 3. The maximum absolute atomic E-state index is 13.5. The molecule has 31 heavy (non-hydrogen) atoms. The predicted molar refractivity (Wildman–Crippen MR) is 122 cm³/mol. The summed E-state index contributed by atoms with van der Waals surface area (Å²) in [5.41, 5.74) is 1.21. The molecule has 0 atom stereocenters. The van der Waals surface area contributed by atoms with Crippen molar-refractivity contribution in [1.82, 2.24) is 9.97 Å². The van der Waals surface area contributed by atoms with Crippen LogP contribution in [0.15, 0.2) is 53.9 Å². The van der Waals surface area contributed by atoms with E-state index in [0.29, 0.717) is 23.1 Å². The first-order chi connectivity index (χ1) is 14.4. The molecular formula is C22H28F3N4OP. The summed E-state index contributed by atoms with van der Waals surface area (Å²) in [5.74, 6) is -0.290. The monoisotopic (exact) mass is 452 g/mol. The molecule has 0 fully saturated rings.